The highest BCUT2D eigenvalue weighted by molar-refractivity contribution is 6.01. The molecule has 4 rings (SSSR count). The first-order chi connectivity index (χ1) is 26.1. The molecule has 3 atom stereocenters. The Kier molecular flexibility index (Phi) is 13.8. The number of ketones is 1. The number of nitrogens with zero attached hydrogens (tertiary/aromatic N) is 4. The summed E-state index contributed by atoms with van der Waals surface area (Å²) in [5.74, 6) is -5.73. The molecule has 0 spiro atoms. The Balaban J connectivity index is 1.13. The van der Waals surface area contributed by atoms with E-state index in [1.165, 1.54) is 25.3 Å². The number of esters is 1. The van der Waals surface area contributed by atoms with E-state index < -0.39 is 65.5 Å². The van der Waals surface area contributed by atoms with E-state index in [1.54, 1.807) is 12.1 Å². The zero-order valence-electron chi connectivity index (χ0n) is 29.5. The molecule has 7 N–H and O–H groups in total. The fourth-order valence-electron chi connectivity index (χ4n) is 4.83. The summed E-state index contributed by atoms with van der Waals surface area (Å²) in [6.07, 6.45) is -3.41. The van der Waals surface area contributed by atoms with E-state index in [2.05, 4.69) is 45.5 Å². The number of hydroxylamine groups is 2. The number of anilines is 2. The van der Waals surface area contributed by atoms with Crippen molar-refractivity contribution in [1.29, 1.82) is 0 Å². The number of aromatic nitrogens is 4. The number of ether oxygens (including phenoxy) is 2. The van der Waals surface area contributed by atoms with Gasteiger partial charge in [0.25, 0.3) is 29.2 Å². The van der Waals surface area contributed by atoms with E-state index in [-0.39, 0.29) is 85.1 Å². The number of carboxylic acids is 1. The number of carboxylic acid groups (broad SMARTS) is 1. The lowest BCUT2D eigenvalue weighted by Crippen LogP contribution is -2.41. The molecule has 1 saturated heterocycles. The van der Waals surface area contributed by atoms with Gasteiger partial charge in [-0.3, -0.25) is 38.6 Å². The molecule has 0 bridgehead atoms. The van der Waals surface area contributed by atoms with E-state index in [0.717, 1.165) is 6.92 Å². The van der Waals surface area contributed by atoms with Crippen molar-refractivity contribution in [2.45, 2.75) is 77.2 Å². The molecule has 292 valence electrons. The number of hydrogen-bond donors (Lipinski definition) is 6. The molecular weight excluding hydrogens is 730 g/mol. The summed E-state index contributed by atoms with van der Waals surface area (Å²) in [5.41, 5.74) is 6.30. The third-order valence-electron chi connectivity index (χ3n) is 7.79. The Morgan fingerprint density at radius 3 is 2.33 bits per heavy atom. The van der Waals surface area contributed by atoms with Crippen LogP contribution in [-0.4, -0.2) is 102 Å². The predicted octanol–water partition coefficient (Wildman–Crippen LogP) is -0.126. The molecule has 3 unspecified atom stereocenters. The number of H-pyrrole nitrogens is 1. The van der Waals surface area contributed by atoms with Crippen LogP contribution < -0.4 is 27.2 Å². The normalized spacial score (nSPS) is 14.0. The van der Waals surface area contributed by atoms with Crippen LogP contribution in [-0.2, 0) is 49.6 Å². The highest BCUT2D eigenvalue weighted by Crippen LogP contribution is 2.15. The number of nitrogen functional groups attached to an aromatic ring is 1. The molecule has 0 saturated carbocycles. The van der Waals surface area contributed by atoms with Crippen molar-refractivity contribution in [3.05, 3.63) is 52.1 Å². The van der Waals surface area contributed by atoms with Crippen LogP contribution >= 0.6 is 0 Å². The fraction of sp³-hybridized carbons (Fsp3) is 0.394. The number of carbonyl (C=O) groups is 8. The van der Waals surface area contributed by atoms with Gasteiger partial charge in [0, 0.05) is 43.5 Å². The van der Waals surface area contributed by atoms with Gasteiger partial charge in [0.1, 0.15) is 11.8 Å². The largest absolute Gasteiger partial charge is 0.534 e. The molecule has 0 aliphatic carbocycles. The average molecular weight is 768 g/mol. The molecule has 1 aromatic carbocycles. The number of carbonyl (C=O) groups excluding carboxylic acids is 7. The van der Waals surface area contributed by atoms with Crippen LogP contribution in [0.25, 0.3) is 11.2 Å². The summed E-state index contributed by atoms with van der Waals surface area (Å²) in [5, 5.41) is 17.8. The van der Waals surface area contributed by atoms with Crippen molar-refractivity contribution >= 4 is 70.3 Å². The lowest BCUT2D eigenvalue weighted by atomic mass is 10.1. The van der Waals surface area contributed by atoms with Crippen LogP contribution in [0.3, 0.4) is 0 Å². The fourth-order valence-corrected chi connectivity index (χ4v) is 4.83. The lowest BCUT2D eigenvalue weighted by Gasteiger charge is -2.18. The van der Waals surface area contributed by atoms with Crippen LogP contribution in [0.1, 0.15) is 68.4 Å². The van der Waals surface area contributed by atoms with Crippen molar-refractivity contribution in [3.63, 3.8) is 0 Å². The van der Waals surface area contributed by atoms with Gasteiger partial charge < -0.3 is 36.3 Å². The van der Waals surface area contributed by atoms with E-state index >= 15 is 0 Å². The molecule has 3 heterocycles. The van der Waals surface area contributed by atoms with Crippen LogP contribution in [0.15, 0.2) is 35.3 Å². The Labute approximate surface area is 310 Å². The monoisotopic (exact) mass is 767 g/mol. The van der Waals surface area contributed by atoms with E-state index in [4.69, 9.17) is 10.5 Å². The Morgan fingerprint density at radius 1 is 0.964 bits per heavy atom. The van der Waals surface area contributed by atoms with Gasteiger partial charge in [-0.15, -0.1) is 0 Å². The number of hydrogen-bond acceptors (Lipinski definition) is 17. The van der Waals surface area contributed by atoms with Gasteiger partial charge >= 0.3 is 18.1 Å². The number of aliphatic carboxylic acids is 1. The number of nitrogens with one attached hydrogen (secondary N) is 4. The highest BCUT2D eigenvalue weighted by Gasteiger charge is 2.35. The van der Waals surface area contributed by atoms with Crippen molar-refractivity contribution in [2.75, 3.05) is 17.6 Å². The minimum atomic E-state index is -1.55. The molecule has 1 fully saturated rings. The van der Waals surface area contributed by atoms with E-state index in [0.29, 0.717) is 11.4 Å². The van der Waals surface area contributed by atoms with Gasteiger partial charge in [0.2, 0.25) is 5.95 Å². The molecule has 22 nitrogen and oxygen atoms in total. The first kappa shape index (κ1) is 40.8. The second kappa shape index (κ2) is 18.7. The second-order valence-electron chi connectivity index (χ2n) is 12.0. The van der Waals surface area contributed by atoms with Crippen LogP contribution in [0.5, 0.6) is 0 Å². The molecule has 2 aromatic heterocycles. The molecule has 1 aliphatic heterocycles. The second-order valence-corrected chi connectivity index (χ2v) is 12.0. The summed E-state index contributed by atoms with van der Waals surface area (Å²) in [6, 6.07) is 4.75. The number of amides is 4. The molecule has 0 radical (unpaired) electrons. The third-order valence-corrected chi connectivity index (χ3v) is 7.79. The number of nitrogens with two attached hydrogens (primary N) is 1. The van der Waals surface area contributed by atoms with Gasteiger partial charge in [-0.05, 0) is 51.0 Å². The molecule has 3 aromatic rings. The first-order valence-corrected chi connectivity index (χ1v) is 16.7. The lowest BCUT2D eigenvalue weighted by molar-refractivity contribution is -0.181. The standard InChI is InChI=1S/C33H37N9O13/c1-16(53-31(51)17(2)54-33(52)55-42-23(44)11-12-24(42)45)27(46)35-13-3-4-21(43)9-10-22(30(49)50)39-28(47)18-5-7-19(8-6-18)36-14-20-15-37-26-25(38-20)29(48)41-32(34)40-26/h5-8,15-17,22,36H,3-4,9-14H2,1-2H3,(H,35,46)(H,39,47)(H,49,50)(H3,34,37,40,41,48). The highest BCUT2D eigenvalue weighted by atomic mass is 16.8. The molecule has 1 aliphatic rings. The van der Waals surface area contributed by atoms with E-state index in [1.807, 2.05) is 0 Å². The first-order valence-electron chi connectivity index (χ1n) is 16.7. The zero-order valence-corrected chi connectivity index (χ0v) is 29.5. The summed E-state index contributed by atoms with van der Waals surface area (Å²) >= 11 is 0. The molecule has 55 heavy (non-hydrogen) atoms. The Morgan fingerprint density at radius 2 is 1.65 bits per heavy atom. The van der Waals surface area contributed by atoms with E-state index in [9.17, 15) is 48.3 Å². The van der Waals surface area contributed by atoms with Crippen LogP contribution in [0.4, 0.5) is 16.4 Å². The summed E-state index contributed by atoms with van der Waals surface area (Å²) in [4.78, 5) is 128. The van der Waals surface area contributed by atoms with Crippen molar-refractivity contribution < 1.29 is 57.8 Å². The number of fused-ring (bicyclic) bond motifs is 1. The van der Waals surface area contributed by atoms with Crippen LogP contribution in [0.2, 0.25) is 0 Å². The van der Waals surface area contributed by atoms with Gasteiger partial charge in [-0.1, -0.05) is 5.06 Å². The van der Waals surface area contributed by atoms with Crippen LogP contribution in [0, 0.1) is 0 Å². The van der Waals surface area contributed by atoms with Gasteiger partial charge in [-0.25, -0.2) is 24.4 Å². The minimum absolute atomic E-state index is 0.00911. The Hall–Kier alpha value is -7.00. The number of imide groups is 1. The molecule has 4 amide bonds. The Bertz CT molecular complexity index is 2020. The third kappa shape index (κ3) is 11.8. The topological polar surface area (TPSA) is 321 Å². The molecular formula is C33H37N9O13. The maximum atomic E-state index is 12.8. The summed E-state index contributed by atoms with van der Waals surface area (Å²) in [6.45, 7) is 2.56. The summed E-state index contributed by atoms with van der Waals surface area (Å²) < 4.78 is 9.64. The average Bonchev–Trinajstić information content (AvgIpc) is 3.45. The number of benzene rings is 1. The summed E-state index contributed by atoms with van der Waals surface area (Å²) in [7, 11) is 0. The molecule has 22 heteroatoms. The maximum Gasteiger partial charge on any atom is 0.534 e. The van der Waals surface area contributed by atoms with Crippen molar-refractivity contribution in [1.82, 2.24) is 35.6 Å². The SMILES string of the molecule is CC(OC(=O)C(C)OC(=O)ON1C(=O)CCC1=O)C(=O)NCCCC(=O)CCC(NC(=O)c1ccc(NCc2cnc3nc(N)[nH]c(=O)c3n2)cc1)C(=O)O. The van der Waals surface area contributed by atoms with Gasteiger partial charge in [-0.2, -0.15) is 4.98 Å². The van der Waals surface area contributed by atoms with Gasteiger partial charge in [0.05, 0.1) is 18.4 Å². The number of Topliss-reactive ketones (excluding diaryl/α,β-unsaturated/α-hetero) is 1. The van der Waals surface area contributed by atoms with Gasteiger partial charge in [0.15, 0.2) is 23.4 Å². The minimum Gasteiger partial charge on any atom is -0.480 e. The van der Waals surface area contributed by atoms with Crippen molar-refractivity contribution in [2.24, 2.45) is 0 Å². The zero-order chi connectivity index (χ0) is 40.2. The predicted molar refractivity (Wildman–Crippen MR) is 185 cm³/mol. The van der Waals surface area contributed by atoms with Crippen molar-refractivity contribution in [3.8, 4) is 0 Å². The maximum absolute atomic E-state index is 12.8. The smallest absolute Gasteiger partial charge is 0.480 e. The number of rotatable bonds is 18. The number of aromatic amines is 1. The quantitative estimate of drug-likeness (QED) is 0.0558.